The summed E-state index contributed by atoms with van der Waals surface area (Å²) >= 11 is 0. The second kappa shape index (κ2) is 8.67. The molecule has 3 aromatic carbocycles. The molecule has 3 N–H and O–H groups in total. The number of para-hydroxylation sites is 2. The fraction of sp³-hybridized carbons (Fsp3) is 0.0909. The summed E-state index contributed by atoms with van der Waals surface area (Å²) in [6, 6.07) is 25.2. The Bertz CT molecular complexity index is 911. The van der Waals surface area contributed by atoms with E-state index >= 15 is 0 Å². The molecule has 0 saturated heterocycles. The zero-order valence-electron chi connectivity index (χ0n) is 15.0. The van der Waals surface area contributed by atoms with Gasteiger partial charge in [-0.3, -0.25) is 4.79 Å². The summed E-state index contributed by atoms with van der Waals surface area (Å²) < 4.78 is 0. The van der Waals surface area contributed by atoms with Gasteiger partial charge in [-0.2, -0.15) is 0 Å². The van der Waals surface area contributed by atoms with Crippen LogP contribution in [0.5, 0.6) is 0 Å². The summed E-state index contributed by atoms with van der Waals surface area (Å²) in [6.07, 6.45) is 0. The molecule has 0 fully saturated rings. The molecule has 1 atom stereocenters. The van der Waals surface area contributed by atoms with Crippen LogP contribution in [0.2, 0.25) is 0 Å². The summed E-state index contributed by atoms with van der Waals surface area (Å²) in [5.41, 5.74) is 2.54. The van der Waals surface area contributed by atoms with Crippen LogP contribution in [0.3, 0.4) is 0 Å². The van der Waals surface area contributed by atoms with Crippen molar-refractivity contribution in [1.82, 2.24) is 5.32 Å². The Labute approximate surface area is 158 Å². The Morgan fingerprint density at radius 2 is 1.33 bits per heavy atom. The number of rotatable bonds is 5. The summed E-state index contributed by atoms with van der Waals surface area (Å²) in [7, 11) is 0. The van der Waals surface area contributed by atoms with Crippen molar-refractivity contribution in [3.05, 3.63) is 96.1 Å². The molecule has 136 valence electrons. The molecule has 3 rings (SSSR count). The molecule has 0 aromatic heterocycles. The highest BCUT2D eigenvalue weighted by Gasteiger charge is 2.16. The predicted molar refractivity (Wildman–Crippen MR) is 108 cm³/mol. The monoisotopic (exact) mass is 359 g/mol. The molecule has 0 saturated carbocycles. The number of nitrogens with one attached hydrogen (secondary N) is 3. The van der Waals surface area contributed by atoms with E-state index in [1.54, 1.807) is 36.4 Å². The van der Waals surface area contributed by atoms with Gasteiger partial charge in [0.25, 0.3) is 5.91 Å². The molecule has 0 spiro atoms. The van der Waals surface area contributed by atoms with Crippen LogP contribution in [0.1, 0.15) is 28.9 Å². The van der Waals surface area contributed by atoms with Gasteiger partial charge in [-0.25, -0.2) is 4.79 Å². The van der Waals surface area contributed by atoms with E-state index in [0.29, 0.717) is 16.9 Å². The smallest absolute Gasteiger partial charge is 0.323 e. The van der Waals surface area contributed by atoms with Gasteiger partial charge in [-0.1, -0.05) is 60.7 Å². The molecular formula is C22H21N3O2. The SMILES string of the molecule is C[C@@H](NC(=O)c1ccccc1NC(=O)Nc1ccccc1)c1ccccc1. The number of benzene rings is 3. The van der Waals surface area contributed by atoms with Crippen molar-refractivity contribution in [1.29, 1.82) is 0 Å². The van der Waals surface area contributed by atoms with Crippen molar-refractivity contribution in [3.8, 4) is 0 Å². The third kappa shape index (κ3) is 4.95. The highest BCUT2D eigenvalue weighted by atomic mass is 16.2. The van der Waals surface area contributed by atoms with Crippen molar-refractivity contribution >= 4 is 23.3 Å². The molecule has 5 nitrogen and oxygen atoms in total. The summed E-state index contributed by atoms with van der Waals surface area (Å²) in [5, 5.41) is 8.45. The van der Waals surface area contributed by atoms with Crippen molar-refractivity contribution in [3.63, 3.8) is 0 Å². The van der Waals surface area contributed by atoms with E-state index < -0.39 is 6.03 Å². The number of hydrogen-bond donors (Lipinski definition) is 3. The molecule has 27 heavy (non-hydrogen) atoms. The van der Waals surface area contributed by atoms with Gasteiger partial charge in [0.2, 0.25) is 0 Å². The minimum Gasteiger partial charge on any atom is -0.345 e. The molecule has 3 aromatic rings. The molecule has 0 radical (unpaired) electrons. The second-order valence-corrected chi connectivity index (χ2v) is 6.10. The van der Waals surface area contributed by atoms with Gasteiger partial charge in [0.1, 0.15) is 0 Å². The van der Waals surface area contributed by atoms with Gasteiger partial charge < -0.3 is 16.0 Å². The lowest BCUT2D eigenvalue weighted by Gasteiger charge is -2.16. The molecule has 0 aliphatic rings. The highest BCUT2D eigenvalue weighted by molar-refractivity contribution is 6.06. The Hall–Kier alpha value is -3.60. The maximum Gasteiger partial charge on any atom is 0.323 e. The third-order valence-corrected chi connectivity index (χ3v) is 4.10. The van der Waals surface area contributed by atoms with Crippen molar-refractivity contribution in [2.45, 2.75) is 13.0 Å². The molecule has 5 heteroatoms. The number of amides is 3. The zero-order valence-corrected chi connectivity index (χ0v) is 15.0. The Kier molecular flexibility index (Phi) is 5.84. The van der Waals surface area contributed by atoms with Crippen LogP contribution in [0.25, 0.3) is 0 Å². The lowest BCUT2D eigenvalue weighted by atomic mass is 10.1. The molecule has 3 amide bonds. The fourth-order valence-electron chi connectivity index (χ4n) is 2.70. The van der Waals surface area contributed by atoms with Crippen LogP contribution in [-0.4, -0.2) is 11.9 Å². The second-order valence-electron chi connectivity index (χ2n) is 6.10. The zero-order chi connectivity index (χ0) is 19.1. The first-order valence-electron chi connectivity index (χ1n) is 8.71. The Morgan fingerprint density at radius 1 is 0.741 bits per heavy atom. The maximum absolute atomic E-state index is 12.7. The van der Waals surface area contributed by atoms with E-state index in [1.165, 1.54) is 0 Å². The van der Waals surface area contributed by atoms with E-state index in [2.05, 4.69) is 16.0 Å². The minimum atomic E-state index is -0.405. The van der Waals surface area contributed by atoms with Gasteiger partial charge in [0.15, 0.2) is 0 Å². The van der Waals surface area contributed by atoms with Gasteiger partial charge in [-0.05, 0) is 36.8 Å². The average Bonchev–Trinajstić information content (AvgIpc) is 2.69. The molecule has 0 bridgehead atoms. The topological polar surface area (TPSA) is 70.2 Å². The van der Waals surface area contributed by atoms with Crippen LogP contribution in [-0.2, 0) is 0 Å². The molecule has 0 unspecified atom stereocenters. The molecule has 0 aliphatic heterocycles. The first kappa shape index (κ1) is 18.2. The predicted octanol–water partition coefficient (Wildman–Crippen LogP) is 4.82. The molecule has 0 heterocycles. The molecule has 0 aliphatic carbocycles. The largest absolute Gasteiger partial charge is 0.345 e. The van der Waals surface area contributed by atoms with Crippen LogP contribution in [0.15, 0.2) is 84.9 Å². The van der Waals surface area contributed by atoms with E-state index in [0.717, 1.165) is 5.56 Å². The van der Waals surface area contributed by atoms with Crippen LogP contribution < -0.4 is 16.0 Å². The highest BCUT2D eigenvalue weighted by Crippen LogP contribution is 2.18. The number of anilines is 2. The lowest BCUT2D eigenvalue weighted by Crippen LogP contribution is -2.28. The van der Waals surface area contributed by atoms with Gasteiger partial charge in [0.05, 0.1) is 17.3 Å². The van der Waals surface area contributed by atoms with Crippen molar-refractivity contribution in [2.24, 2.45) is 0 Å². The molecular weight excluding hydrogens is 338 g/mol. The lowest BCUT2D eigenvalue weighted by molar-refractivity contribution is 0.0941. The number of carbonyl (C=O) groups is 2. The van der Waals surface area contributed by atoms with E-state index in [-0.39, 0.29) is 11.9 Å². The third-order valence-electron chi connectivity index (χ3n) is 4.10. The van der Waals surface area contributed by atoms with Crippen molar-refractivity contribution < 1.29 is 9.59 Å². The Balaban J connectivity index is 1.69. The maximum atomic E-state index is 12.7. The van der Waals surface area contributed by atoms with Crippen LogP contribution in [0.4, 0.5) is 16.2 Å². The van der Waals surface area contributed by atoms with Gasteiger partial charge >= 0.3 is 6.03 Å². The number of urea groups is 1. The normalized spacial score (nSPS) is 11.3. The van der Waals surface area contributed by atoms with Crippen LogP contribution in [0, 0.1) is 0 Å². The van der Waals surface area contributed by atoms with Gasteiger partial charge in [-0.15, -0.1) is 0 Å². The first-order valence-corrected chi connectivity index (χ1v) is 8.71. The summed E-state index contributed by atoms with van der Waals surface area (Å²) in [6.45, 7) is 1.92. The quantitative estimate of drug-likeness (QED) is 0.611. The van der Waals surface area contributed by atoms with E-state index in [9.17, 15) is 9.59 Å². The number of carbonyl (C=O) groups excluding carboxylic acids is 2. The fourth-order valence-corrected chi connectivity index (χ4v) is 2.70. The van der Waals surface area contributed by atoms with Crippen molar-refractivity contribution in [2.75, 3.05) is 10.6 Å². The van der Waals surface area contributed by atoms with E-state index in [1.807, 2.05) is 55.5 Å². The minimum absolute atomic E-state index is 0.148. The standard InChI is InChI=1S/C22H21N3O2/c1-16(17-10-4-2-5-11-17)23-21(26)19-14-8-9-15-20(19)25-22(27)24-18-12-6-3-7-13-18/h2-16H,1H3,(H,23,26)(H2,24,25,27)/t16-/m1/s1. The summed E-state index contributed by atoms with van der Waals surface area (Å²) in [4.78, 5) is 25.0. The van der Waals surface area contributed by atoms with E-state index in [4.69, 9.17) is 0 Å². The van der Waals surface area contributed by atoms with Gasteiger partial charge in [0, 0.05) is 5.69 Å². The Morgan fingerprint density at radius 3 is 2.04 bits per heavy atom. The average molecular weight is 359 g/mol. The van der Waals surface area contributed by atoms with Crippen LogP contribution >= 0.6 is 0 Å². The summed E-state index contributed by atoms with van der Waals surface area (Å²) in [5.74, 6) is -0.248. The first-order chi connectivity index (χ1) is 13.1. The number of hydrogen-bond acceptors (Lipinski definition) is 2.